The van der Waals surface area contributed by atoms with Gasteiger partial charge in [-0.1, -0.05) is 12.1 Å². The quantitative estimate of drug-likeness (QED) is 0.856. The third-order valence-electron chi connectivity index (χ3n) is 3.54. The van der Waals surface area contributed by atoms with Gasteiger partial charge in [-0.3, -0.25) is 14.0 Å². The molecule has 106 valence electrons. The topological polar surface area (TPSA) is 43.8 Å². The molecule has 2 rings (SSSR count). The Kier molecular flexibility index (Phi) is 5.51. The van der Waals surface area contributed by atoms with Gasteiger partial charge in [-0.25, -0.2) is 0 Å². The van der Waals surface area contributed by atoms with Crippen molar-refractivity contribution in [3.8, 4) is 0 Å². The zero-order valence-electron chi connectivity index (χ0n) is 11.4. The van der Waals surface area contributed by atoms with Crippen LogP contribution in [0.25, 0.3) is 0 Å². The highest BCUT2D eigenvalue weighted by molar-refractivity contribution is 7.84. The SMILES string of the molecule is CS(=O)c1ccc(CN2CCN(CCO)CC2)cc1. The Morgan fingerprint density at radius 3 is 2.21 bits per heavy atom. The molecule has 1 fully saturated rings. The molecule has 19 heavy (non-hydrogen) atoms. The molecule has 0 amide bonds. The van der Waals surface area contributed by atoms with Crippen LogP contribution >= 0.6 is 0 Å². The van der Waals surface area contributed by atoms with Gasteiger partial charge in [0.1, 0.15) is 0 Å². The number of aliphatic hydroxyl groups is 1. The lowest BCUT2D eigenvalue weighted by Gasteiger charge is -2.34. The Balaban J connectivity index is 1.83. The maximum atomic E-state index is 11.3. The molecular formula is C14H22N2O2S. The standard InChI is InChI=1S/C14H22N2O2S/c1-19(18)14-4-2-13(3-5-14)12-16-8-6-15(7-9-16)10-11-17/h2-5,17H,6-12H2,1H3. The second-order valence-corrected chi connectivity index (χ2v) is 6.32. The Morgan fingerprint density at radius 2 is 1.68 bits per heavy atom. The molecule has 1 saturated heterocycles. The van der Waals surface area contributed by atoms with Gasteiger partial charge in [0, 0.05) is 61.2 Å². The second-order valence-electron chi connectivity index (χ2n) is 4.94. The van der Waals surface area contributed by atoms with Gasteiger partial charge >= 0.3 is 0 Å². The van der Waals surface area contributed by atoms with Crippen LogP contribution < -0.4 is 0 Å². The van der Waals surface area contributed by atoms with E-state index < -0.39 is 10.8 Å². The van der Waals surface area contributed by atoms with Crippen LogP contribution in [-0.2, 0) is 17.3 Å². The molecule has 1 atom stereocenters. The third kappa shape index (κ3) is 4.38. The van der Waals surface area contributed by atoms with Crippen LogP contribution in [0.4, 0.5) is 0 Å². The largest absolute Gasteiger partial charge is 0.395 e. The number of aliphatic hydroxyl groups excluding tert-OH is 1. The van der Waals surface area contributed by atoms with Crippen molar-refractivity contribution in [3.63, 3.8) is 0 Å². The van der Waals surface area contributed by atoms with Crippen molar-refractivity contribution in [1.82, 2.24) is 9.80 Å². The summed E-state index contributed by atoms with van der Waals surface area (Å²) >= 11 is 0. The van der Waals surface area contributed by atoms with Gasteiger partial charge in [0.25, 0.3) is 0 Å². The van der Waals surface area contributed by atoms with Crippen LogP contribution in [0.3, 0.4) is 0 Å². The van der Waals surface area contributed by atoms with Crippen molar-refractivity contribution in [2.75, 3.05) is 45.6 Å². The zero-order chi connectivity index (χ0) is 13.7. The minimum atomic E-state index is -0.895. The summed E-state index contributed by atoms with van der Waals surface area (Å²) < 4.78 is 11.3. The Hall–Kier alpha value is -0.750. The molecule has 0 bridgehead atoms. The smallest absolute Gasteiger partial charge is 0.0558 e. The fourth-order valence-electron chi connectivity index (χ4n) is 2.36. The Labute approximate surface area is 117 Å². The van der Waals surface area contributed by atoms with Gasteiger partial charge < -0.3 is 5.11 Å². The van der Waals surface area contributed by atoms with Crippen molar-refractivity contribution < 1.29 is 9.32 Å². The molecule has 0 aliphatic carbocycles. The van der Waals surface area contributed by atoms with Gasteiger partial charge in [0.15, 0.2) is 0 Å². The lowest BCUT2D eigenvalue weighted by atomic mass is 10.2. The lowest BCUT2D eigenvalue weighted by Crippen LogP contribution is -2.46. The molecule has 1 N–H and O–H groups in total. The normalized spacial score (nSPS) is 19.5. The summed E-state index contributed by atoms with van der Waals surface area (Å²) in [5.74, 6) is 0. The van der Waals surface area contributed by atoms with E-state index in [1.165, 1.54) is 5.56 Å². The van der Waals surface area contributed by atoms with Crippen molar-refractivity contribution in [2.24, 2.45) is 0 Å². The van der Waals surface area contributed by atoms with E-state index in [0.29, 0.717) is 0 Å². The second kappa shape index (κ2) is 7.14. The molecule has 0 saturated carbocycles. The van der Waals surface area contributed by atoms with Gasteiger partial charge in [-0.2, -0.15) is 0 Å². The number of benzene rings is 1. The van der Waals surface area contributed by atoms with Crippen LogP contribution in [-0.4, -0.2) is 64.7 Å². The maximum absolute atomic E-state index is 11.3. The molecule has 1 aliphatic heterocycles. The highest BCUT2D eigenvalue weighted by Gasteiger charge is 2.16. The average Bonchev–Trinajstić information content (AvgIpc) is 2.42. The van der Waals surface area contributed by atoms with Crippen LogP contribution in [0, 0.1) is 0 Å². The van der Waals surface area contributed by atoms with E-state index in [4.69, 9.17) is 5.11 Å². The molecule has 0 spiro atoms. The molecule has 0 radical (unpaired) electrons. The van der Waals surface area contributed by atoms with Crippen molar-refractivity contribution in [2.45, 2.75) is 11.4 Å². The van der Waals surface area contributed by atoms with Crippen LogP contribution in [0.15, 0.2) is 29.2 Å². The first-order chi connectivity index (χ1) is 9.19. The zero-order valence-corrected chi connectivity index (χ0v) is 12.2. The van der Waals surface area contributed by atoms with Crippen LogP contribution in [0.5, 0.6) is 0 Å². The van der Waals surface area contributed by atoms with E-state index >= 15 is 0 Å². The van der Waals surface area contributed by atoms with E-state index in [-0.39, 0.29) is 6.61 Å². The van der Waals surface area contributed by atoms with Crippen molar-refractivity contribution >= 4 is 10.8 Å². The number of hydrogen-bond acceptors (Lipinski definition) is 4. The van der Waals surface area contributed by atoms with Crippen LogP contribution in [0.2, 0.25) is 0 Å². The number of hydrogen-bond donors (Lipinski definition) is 1. The lowest BCUT2D eigenvalue weighted by molar-refractivity contribution is 0.108. The van der Waals surface area contributed by atoms with Gasteiger partial charge in [0.05, 0.1) is 6.61 Å². The first-order valence-corrected chi connectivity index (χ1v) is 8.23. The summed E-state index contributed by atoms with van der Waals surface area (Å²) in [5, 5.41) is 8.91. The van der Waals surface area contributed by atoms with Crippen molar-refractivity contribution in [3.05, 3.63) is 29.8 Å². The number of piperazine rings is 1. The molecule has 0 aromatic heterocycles. The molecular weight excluding hydrogens is 260 g/mol. The number of nitrogens with zero attached hydrogens (tertiary/aromatic N) is 2. The van der Waals surface area contributed by atoms with Gasteiger partial charge in [-0.15, -0.1) is 0 Å². The monoisotopic (exact) mass is 282 g/mol. The summed E-state index contributed by atoms with van der Waals surface area (Å²) in [6.45, 7) is 6.11. The van der Waals surface area contributed by atoms with Gasteiger partial charge in [0.2, 0.25) is 0 Å². The molecule has 1 heterocycles. The minimum absolute atomic E-state index is 0.246. The molecule has 1 aliphatic rings. The Bertz CT molecular complexity index is 414. The summed E-state index contributed by atoms with van der Waals surface area (Å²) in [5.41, 5.74) is 1.27. The molecule has 5 heteroatoms. The fraction of sp³-hybridized carbons (Fsp3) is 0.571. The molecule has 1 aromatic carbocycles. The Morgan fingerprint density at radius 1 is 1.11 bits per heavy atom. The summed E-state index contributed by atoms with van der Waals surface area (Å²) in [6.07, 6.45) is 1.70. The predicted molar refractivity (Wildman–Crippen MR) is 77.6 cm³/mol. The van der Waals surface area contributed by atoms with Gasteiger partial charge in [-0.05, 0) is 17.7 Å². The predicted octanol–water partition coefficient (Wildman–Crippen LogP) is 0.534. The van der Waals surface area contributed by atoms with E-state index in [9.17, 15) is 4.21 Å². The first-order valence-electron chi connectivity index (χ1n) is 6.67. The van der Waals surface area contributed by atoms with E-state index in [2.05, 4.69) is 21.9 Å². The maximum Gasteiger partial charge on any atom is 0.0558 e. The fourth-order valence-corrected chi connectivity index (χ4v) is 2.88. The summed E-state index contributed by atoms with van der Waals surface area (Å²) in [6, 6.07) is 8.04. The summed E-state index contributed by atoms with van der Waals surface area (Å²) in [7, 11) is -0.895. The van der Waals surface area contributed by atoms with E-state index in [1.54, 1.807) is 6.26 Å². The third-order valence-corrected chi connectivity index (χ3v) is 4.48. The molecule has 1 aromatic rings. The first kappa shape index (κ1) is 14.7. The summed E-state index contributed by atoms with van der Waals surface area (Å²) in [4.78, 5) is 5.60. The van der Waals surface area contributed by atoms with E-state index in [0.717, 1.165) is 44.2 Å². The highest BCUT2D eigenvalue weighted by Crippen LogP contribution is 2.11. The van der Waals surface area contributed by atoms with E-state index in [1.807, 2.05) is 12.1 Å². The highest BCUT2D eigenvalue weighted by atomic mass is 32.2. The number of β-amino-alcohol motifs (C(OH)–C–C–N with tert-alkyl or cyclic N) is 1. The number of rotatable bonds is 5. The molecule has 1 unspecified atom stereocenters. The van der Waals surface area contributed by atoms with Crippen molar-refractivity contribution in [1.29, 1.82) is 0 Å². The van der Waals surface area contributed by atoms with Crippen LogP contribution in [0.1, 0.15) is 5.56 Å². The minimum Gasteiger partial charge on any atom is -0.395 e. The molecule has 4 nitrogen and oxygen atoms in total. The average molecular weight is 282 g/mol.